The Bertz CT molecular complexity index is 514. The molecule has 0 aliphatic carbocycles. The van der Waals surface area contributed by atoms with Crippen LogP contribution in [0.3, 0.4) is 0 Å². The maximum atomic E-state index is 4.44. The monoisotopic (exact) mass is 271 g/mol. The molecule has 0 spiro atoms. The Morgan fingerprint density at radius 1 is 1.20 bits per heavy atom. The van der Waals surface area contributed by atoms with Crippen LogP contribution in [0.15, 0.2) is 36.5 Å². The summed E-state index contributed by atoms with van der Waals surface area (Å²) in [5, 5.41) is 3.52. The van der Waals surface area contributed by atoms with Gasteiger partial charge >= 0.3 is 0 Å². The molecular weight excluding hydrogens is 246 g/mol. The van der Waals surface area contributed by atoms with Crippen molar-refractivity contribution in [2.24, 2.45) is 5.92 Å². The highest BCUT2D eigenvalue weighted by molar-refractivity contribution is 5.35. The number of rotatable bonds is 7. The van der Waals surface area contributed by atoms with Crippen molar-refractivity contribution in [1.29, 1.82) is 0 Å². The number of aryl methyl sites for hydroxylation is 1. The molecule has 0 bridgehead atoms. The minimum Gasteiger partial charge on any atom is -0.311 e. The van der Waals surface area contributed by atoms with E-state index in [0.717, 1.165) is 24.8 Å². The molecule has 1 heterocycles. The normalized spacial score (nSPS) is 11.2. The standard InChI is InChI=1S/C17H25N3/c1-14(2)8-7-11-18-12-17-13-19-15(3)20(17)16-9-5-4-6-10-16/h4-6,9-10,13-14,18H,7-8,11-12H2,1-3H3. The van der Waals surface area contributed by atoms with Gasteiger partial charge in [-0.15, -0.1) is 0 Å². The van der Waals surface area contributed by atoms with Crippen LogP contribution >= 0.6 is 0 Å². The summed E-state index contributed by atoms with van der Waals surface area (Å²) < 4.78 is 2.22. The molecule has 1 N–H and O–H groups in total. The van der Waals surface area contributed by atoms with Gasteiger partial charge in [0.15, 0.2) is 0 Å². The van der Waals surface area contributed by atoms with Gasteiger partial charge in [-0.3, -0.25) is 4.57 Å². The van der Waals surface area contributed by atoms with Gasteiger partial charge in [0.1, 0.15) is 5.82 Å². The summed E-state index contributed by atoms with van der Waals surface area (Å²) in [6, 6.07) is 10.4. The van der Waals surface area contributed by atoms with Crippen LogP contribution in [-0.4, -0.2) is 16.1 Å². The SMILES string of the molecule is Cc1ncc(CNCCCC(C)C)n1-c1ccccc1. The summed E-state index contributed by atoms with van der Waals surface area (Å²) in [7, 11) is 0. The Labute approximate surface area is 122 Å². The number of aromatic nitrogens is 2. The largest absolute Gasteiger partial charge is 0.311 e. The lowest BCUT2D eigenvalue weighted by molar-refractivity contribution is 0.524. The van der Waals surface area contributed by atoms with Gasteiger partial charge in [0.05, 0.1) is 11.9 Å². The van der Waals surface area contributed by atoms with Crippen molar-refractivity contribution in [3.05, 3.63) is 48.0 Å². The van der Waals surface area contributed by atoms with Crippen molar-refractivity contribution in [1.82, 2.24) is 14.9 Å². The molecule has 3 nitrogen and oxygen atoms in total. The van der Waals surface area contributed by atoms with E-state index < -0.39 is 0 Å². The Kier molecular flexibility index (Phi) is 5.36. The molecule has 0 aliphatic heterocycles. The fraction of sp³-hybridized carbons (Fsp3) is 0.471. The van der Waals surface area contributed by atoms with Crippen LogP contribution < -0.4 is 5.32 Å². The lowest BCUT2D eigenvalue weighted by Crippen LogP contribution is -2.17. The van der Waals surface area contributed by atoms with Crippen molar-refractivity contribution >= 4 is 0 Å². The zero-order chi connectivity index (χ0) is 14.4. The summed E-state index contributed by atoms with van der Waals surface area (Å²) in [4.78, 5) is 4.44. The molecule has 0 atom stereocenters. The van der Waals surface area contributed by atoms with E-state index in [1.807, 2.05) is 12.3 Å². The number of hydrogen-bond donors (Lipinski definition) is 1. The molecule has 1 aromatic heterocycles. The molecule has 3 heteroatoms. The van der Waals surface area contributed by atoms with Crippen LogP contribution in [0.5, 0.6) is 0 Å². The molecule has 0 fully saturated rings. The van der Waals surface area contributed by atoms with Crippen LogP contribution in [0, 0.1) is 12.8 Å². The Balaban J connectivity index is 1.96. The van der Waals surface area contributed by atoms with Crippen LogP contribution in [0.1, 0.15) is 38.2 Å². The fourth-order valence-corrected chi connectivity index (χ4v) is 2.40. The first-order valence-electron chi connectivity index (χ1n) is 7.48. The molecule has 2 rings (SSSR count). The quantitative estimate of drug-likeness (QED) is 0.778. The van der Waals surface area contributed by atoms with E-state index in [4.69, 9.17) is 0 Å². The number of nitrogens with zero attached hydrogens (tertiary/aromatic N) is 2. The van der Waals surface area contributed by atoms with Gasteiger partial charge in [-0.2, -0.15) is 0 Å². The molecule has 1 aromatic carbocycles. The average molecular weight is 271 g/mol. The second-order valence-electron chi connectivity index (χ2n) is 5.68. The molecule has 0 amide bonds. The van der Waals surface area contributed by atoms with E-state index >= 15 is 0 Å². The highest BCUT2D eigenvalue weighted by Crippen LogP contribution is 2.14. The Hall–Kier alpha value is -1.61. The van der Waals surface area contributed by atoms with E-state index in [-0.39, 0.29) is 0 Å². The highest BCUT2D eigenvalue weighted by atomic mass is 15.1. The fourth-order valence-electron chi connectivity index (χ4n) is 2.40. The zero-order valence-electron chi connectivity index (χ0n) is 12.8. The van der Waals surface area contributed by atoms with E-state index in [9.17, 15) is 0 Å². The molecule has 0 radical (unpaired) electrons. The highest BCUT2D eigenvalue weighted by Gasteiger charge is 2.07. The number of nitrogens with one attached hydrogen (secondary N) is 1. The summed E-state index contributed by atoms with van der Waals surface area (Å²) in [6.45, 7) is 8.53. The van der Waals surface area contributed by atoms with Crippen LogP contribution in [-0.2, 0) is 6.54 Å². The van der Waals surface area contributed by atoms with Gasteiger partial charge in [0, 0.05) is 12.2 Å². The first kappa shape index (κ1) is 14.8. The Morgan fingerprint density at radius 3 is 2.65 bits per heavy atom. The maximum Gasteiger partial charge on any atom is 0.110 e. The third-order valence-electron chi connectivity index (χ3n) is 3.47. The van der Waals surface area contributed by atoms with Crippen LogP contribution in [0.4, 0.5) is 0 Å². The average Bonchev–Trinajstić information content (AvgIpc) is 2.80. The maximum absolute atomic E-state index is 4.44. The van der Waals surface area contributed by atoms with E-state index in [1.165, 1.54) is 24.2 Å². The van der Waals surface area contributed by atoms with E-state index in [0.29, 0.717) is 0 Å². The number of imidazole rings is 1. The van der Waals surface area contributed by atoms with E-state index in [2.05, 4.69) is 59.9 Å². The van der Waals surface area contributed by atoms with Gasteiger partial charge in [-0.25, -0.2) is 4.98 Å². The van der Waals surface area contributed by atoms with Gasteiger partial charge in [0.2, 0.25) is 0 Å². The number of para-hydroxylation sites is 1. The molecule has 20 heavy (non-hydrogen) atoms. The minimum absolute atomic E-state index is 0.786. The first-order chi connectivity index (χ1) is 9.68. The molecule has 2 aromatic rings. The van der Waals surface area contributed by atoms with Crippen LogP contribution in [0.2, 0.25) is 0 Å². The molecule has 0 aliphatic rings. The summed E-state index contributed by atoms with van der Waals surface area (Å²) in [5.41, 5.74) is 2.40. The second-order valence-corrected chi connectivity index (χ2v) is 5.68. The number of hydrogen-bond acceptors (Lipinski definition) is 2. The summed E-state index contributed by atoms with van der Waals surface area (Å²) in [6.07, 6.45) is 4.48. The van der Waals surface area contributed by atoms with E-state index in [1.54, 1.807) is 0 Å². The number of benzene rings is 1. The molecule has 108 valence electrons. The van der Waals surface area contributed by atoms with Crippen molar-refractivity contribution in [3.63, 3.8) is 0 Å². The zero-order valence-corrected chi connectivity index (χ0v) is 12.8. The van der Waals surface area contributed by atoms with Crippen molar-refractivity contribution < 1.29 is 0 Å². The van der Waals surface area contributed by atoms with Gasteiger partial charge < -0.3 is 5.32 Å². The smallest absolute Gasteiger partial charge is 0.110 e. The third-order valence-corrected chi connectivity index (χ3v) is 3.47. The topological polar surface area (TPSA) is 29.9 Å². The third kappa shape index (κ3) is 3.94. The molecule has 0 unspecified atom stereocenters. The van der Waals surface area contributed by atoms with Crippen molar-refractivity contribution in [2.75, 3.05) is 6.54 Å². The summed E-state index contributed by atoms with van der Waals surface area (Å²) >= 11 is 0. The lowest BCUT2D eigenvalue weighted by Gasteiger charge is -2.11. The van der Waals surface area contributed by atoms with Gasteiger partial charge in [0.25, 0.3) is 0 Å². The molecular formula is C17H25N3. The summed E-state index contributed by atoms with van der Waals surface area (Å²) in [5.74, 6) is 1.82. The van der Waals surface area contributed by atoms with Crippen molar-refractivity contribution in [2.45, 2.75) is 40.2 Å². The van der Waals surface area contributed by atoms with Crippen LogP contribution in [0.25, 0.3) is 5.69 Å². The Morgan fingerprint density at radius 2 is 1.95 bits per heavy atom. The molecule has 0 saturated carbocycles. The van der Waals surface area contributed by atoms with Gasteiger partial charge in [-0.05, 0) is 44.4 Å². The second kappa shape index (κ2) is 7.25. The predicted molar refractivity (Wildman–Crippen MR) is 84.1 cm³/mol. The molecule has 0 saturated heterocycles. The van der Waals surface area contributed by atoms with Gasteiger partial charge in [-0.1, -0.05) is 32.0 Å². The van der Waals surface area contributed by atoms with Crippen molar-refractivity contribution in [3.8, 4) is 5.69 Å². The first-order valence-corrected chi connectivity index (χ1v) is 7.48. The minimum atomic E-state index is 0.786. The lowest BCUT2D eigenvalue weighted by atomic mass is 10.1. The predicted octanol–water partition coefficient (Wildman–Crippen LogP) is 3.71.